The van der Waals surface area contributed by atoms with Gasteiger partial charge in [0, 0.05) is 12.1 Å². The Kier molecular flexibility index (Phi) is 6.21. The number of ether oxygens (including phenoxy) is 2. The fourth-order valence-corrected chi connectivity index (χ4v) is 2.56. The Morgan fingerprint density at radius 2 is 1.97 bits per heavy atom. The number of alkyl halides is 3. The Morgan fingerprint density at radius 3 is 2.52 bits per heavy atom. The number of aliphatic hydroxyl groups excluding tert-OH is 1. The maximum absolute atomic E-state index is 12.8. The summed E-state index contributed by atoms with van der Waals surface area (Å²) in [6.45, 7) is 2.59. The van der Waals surface area contributed by atoms with E-state index in [2.05, 4.69) is 15.4 Å². The lowest BCUT2D eigenvalue weighted by atomic mass is 9.85. The van der Waals surface area contributed by atoms with Gasteiger partial charge in [0.2, 0.25) is 5.60 Å². The van der Waals surface area contributed by atoms with Crippen molar-refractivity contribution in [2.45, 2.75) is 45.1 Å². The quantitative estimate of drug-likeness (QED) is 0.558. The summed E-state index contributed by atoms with van der Waals surface area (Å²) in [5, 5.41) is 23.8. The SMILES string of the molecule is CC(CO)(C[C@H]1CNc2cc(NC(=O)OC(C)(C)C(F)(F)F)ccc2O1)C(=O)O. The van der Waals surface area contributed by atoms with Crippen LogP contribution in [0.15, 0.2) is 18.2 Å². The molecule has 1 aromatic carbocycles. The smallest absolute Gasteiger partial charge is 0.427 e. The molecule has 2 rings (SSSR count). The third kappa shape index (κ3) is 5.22. The molecule has 1 aliphatic heterocycles. The van der Waals surface area contributed by atoms with Crippen LogP contribution < -0.4 is 15.4 Å². The molecule has 1 unspecified atom stereocenters. The molecule has 0 spiro atoms. The van der Waals surface area contributed by atoms with E-state index in [0.29, 0.717) is 11.4 Å². The topological polar surface area (TPSA) is 117 Å². The lowest BCUT2D eigenvalue weighted by molar-refractivity contribution is -0.242. The summed E-state index contributed by atoms with van der Waals surface area (Å²) in [7, 11) is 0. The van der Waals surface area contributed by atoms with E-state index < -0.39 is 42.0 Å². The number of aliphatic carboxylic acids is 1. The molecule has 1 aliphatic rings. The predicted octanol–water partition coefficient (Wildman–Crippen LogP) is 3.22. The molecule has 0 saturated heterocycles. The van der Waals surface area contributed by atoms with E-state index in [1.54, 1.807) is 0 Å². The van der Waals surface area contributed by atoms with Gasteiger partial charge in [-0.25, -0.2) is 4.79 Å². The summed E-state index contributed by atoms with van der Waals surface area (Å²) in [5.74, 6) is -0.768. The van der Waals surface area contributed by atoms with Crippen LogP contribution >= 0.6 is 0 Å². The first-order valence-electron chi connectivity index (χ1n) is 8.73. The lowest BCUT2D eigenvalue weighted by Gasteiger charge is -2.32. The molecule has 8 nitrogen and oxygen atoms in total. The number of carbonyl (C=O) groups is 2. The van der Waals surface area contributed by atoms with Crippen molar-refractivity contribution in [1.29, 1.82) is 0 Å². The fraction of sp³-hybridized carbons (Fsp3) is 0.556. The van der Waals surface area contributed by atoms with Crippen LogP contribution in [0, 0.1) is 5.41 Å². The molecule has 2 atom stereocenters. The van der Waals surface area contributed by atoms with Crippen LogP contribution in [0.2, 0.25) is 0 Å². The van der Waals surface area contributed by atoms with E-state index in [-0.39, 0.29) is 18.7 Å². The van der Waals surface area contributed by atoms with E-state index in [1.165, 1.54) is 25.1 Å². The van der Waals surface area contributed by atoms with Crippen molar-refractivity contribution in [1.82, 2.24) is 0 Å². The number of hydrogen-bond acceptors (Lipinski definition) is 6. The number of anilines is 2. The van der Waals surface area contributed by atoms with Crippen molar-refractivity contribution in [3.8, 4) is 5.75 Å². The highest BCUT2D eigenvalue weighted by molar-refractivity contribution is 5.86. The van der Waals surface area contributed by atoms with Gasteiger partial charge < -0.3 is 25.0 Å². The minimum atomic E-state index is -4.72. The number of carbonyl (C=O) groups excluding carboxylic acids is 1. The van der Waals surface area contributed by atoms with Crippen LogP contribution in [0.3, 0.4) is 0 Å². The highest BCUT2D eigenvalue weighted by Crippen LogP contribution is 2.36. The van der Waals surface area contributed by atoms with Crippen LogP contribution in [0.5, 0.6) is 5.75 Å². The molecule has 1 heterocycles. The van der Waals surface area contributed by atoms with Crippen molar-refractivity contribution in [3.05, 3.63) is 18.2 Å². The summed E-state index contributed by atoms with van der Waals surface area (Å²) in [4.78, 5) is 23.1. The molecule has 0 radical (unpaired) electrons. The summed E-state index contributed by atoms with van der Waals surface area (Å²) in [6.07, 6.45) is -6.44. The summed E-state index contributed by atoms with van der Waals surface area (Å²) in [5.41, 5.74) is -3.36. The average Bonchev–Trinajstić information content (AvgIpc) is 2.60. The van der Waals surface area contributed by atoms with Crippen molar-refractivity contribution < 1.29 is 42.4 Å². The molecular weight excluding hydrogens is 397 g/mol. The Labute approximate surface area is 165 Å². The van der Waals surface area contributed by atoms with Crippen LogP contribution in [-0.4, -0.2) is 53.3 Å². The van der Waals surface area contributed by atoms with E-state index in [4.69, 9.17) is 4.74 Å². The molecule has 4 N–H and O–H groups in total. The number of benzene rings is 1. The number of fused-ring (bicyclic) bond motifs is 1. The zero-order valence-corrected chi connectivity index (χ0v) is 16.1. The van der Waals surface area contributed by atoms with Crippen molar-refractivity contribution in [2.24, 2.45) is 5.41 Å². The normalized spacial score (nSPS) is 18.5. The standard InChI is InChI=1S/C18H23F3N2O6/c1-16(2,18(19,20)21)29-15(27)23-10-4-5-13-12(6-10)22-8-11(28-13)7-17(3,9-24)14(25)26/h4-6,11,22,24H,7-9H2,1-3H3,(H,23,27)(H,25,26)/t11-,17?/m0/s1. The summed E-state index contributed by atoms with van der Waals surface area (Å²) >= 11 is 0. The molecule has 11 heteroatoms. The maximum Gasteiger partial charge on any atom is 0.427 e. The van der Waals surface area contributed by atoms with Gasteiger partial charge in [-0.1, -0.05) is 0 Å². The number of carboxylic acids is 1. The minimum absolute atomic E-state index is 0.0596. The zero-order chi connectivity index (χ0) is 22.0. The number of halogens is 3. The number of carboxylic acid groups (broad SMARTS) is 1. The van der Waals surface area contributed by atoms with Crippen LogP contribution in [-0.2, 0) is 9.53 Å². The first-order valence-corrected chi connectivity index (χ1v) is 8.73. The Balaban J connectivity index is 2.03. The highest BCUT2D eigenvalue weighted by atomic mass is 19.4. The van der Waals surface area contributed by atoms with Gasteiger partial charge >= 0.3 is 18.2 Å². The number of nitrogens with one attached hydrogen (secondary N) is 2. The molecular formula is C18H23F3N2O6. The lowest BCUT2D eigenvalue weighted by Crippen LogP contribution is -2.44. The van der Waals surface area contributed by atoms with Crippen LogP contribution in [0.25, 0.3) is 0 Å². The first-order chi connectivity index (χ1) is 13.3. The molecule has 29 heavy (non-hydrogen) atoms. The van der Waals surface area contributed by atoms with Gasteiger partial charge in [0.25, 0.3) is 0 Å². The number of amides is 1. The molecule has 0 bridgehead atoms. The number of rotatable bonds is 6. The fourth-order valence-electron chi connectivity index (χ4n) is 2.56. The molecule has 1 amide bonds. The van der Waals surface area contributed by atoms with E-state index in [1.807, 2.05) is 0 Å². The van der Waals surface area contributed by atoms with Gasteiger partial charge in [0.1, 0.15) is 11.9 Å². The van der Waals surface area contributed by atoms with Crippen LogP contribution in [0.4, 0.5) is 29.3 Å². The molecule has 0 saturated carbocycles. The van der Waals surface area contributed by atoms with Crippen molar-refractivity contribution in [3.63, 3.8) is 0 Å². The van der Waals surface area contributed by atoms with Crippen molar-refractivity contribution in [2.75, 3.05) is 23.8 Å². The van der Waals surface area contributed by atoms with Gasteiger partial charge in [-0.3, -0.25) is 10.1 Å². The molecule has 0 aromatic heterocycles. The molecule has 1 aromatic rings. The van der Waals surface area contributed by atoms with E-state index in [9.17, 15) is 33.0 Å². The number of aliphatic hydroxyl groups is 1. The van der Waals surface area contributed by atoms with Crippen molar-refractivity contribution >= 4 is 23.4 Å². The molecule has 0 fully saturated rings. The average molecular weight is 420 g/mol. The van der Waals surface area contributed by atoms with Gasteiger partial charge in [-0.15, -0.1) is 0 Å². The van der Waals surface area contributed by atoms with Gasteiger partial charge in [0.15, 0.2) is 0 Å². The first kappa shape index (κ1) is 22.6. The monoisotopic (exact) mass is 420 g/mol. The zero-order valence-electron chi connectivity index (χ0n) is 16.1. The highest BCUT2D eigenvalue weighted by Gasteiger charge is 2.51. The van der Waals surface area contributed by atoms with E-state index in [0.717, 1.165) is 13.8 Å². The molecule has 0 aliphatic carbocycles. The molecule has 162 valence electrons. The third-order valence-corrected chi connectivity index (χ3v) is 4.61. The summed E-state index contributed by atoms with van der Waals surface area (Å²) < 4.78 is 48.6. The van der Waals surface area contributed by atoms with Gasteiger partial charge in [0.05, 0.1) is 24.3 Å². The second-order valence-electron chi connectivity index (χ2n) is 7.58. The Bertz CT molecular complexity index is 783. The predicted molar refractivity (Wildman–Crippen MR) is 97.0 cm³/mol. The Morgan fingerprint density at radius 1 is 1.31 bits per heavy atom. The minimum Gasteiger partial charge on any atom is -0.486 e. The second kappa shape index (κ2) is 7.97. The number of hydrogen-bond donors (Lipinski definition) is 4. The summed E-state index contributed by atoms with van der Waals surface area (Å²) in [6, 6.07) is 4.35. The van der Waals surface area contributed by atoms with Gasteiger partial charge in [-0.05, 0) is 39.0 Å². The Hall–Kier alpha value is -2.69. The van der Waals surface area contributed by atoms with Crippen LogP contribution in [0.1, 0.15) is 27.2 Å². The maximum atomic E-state index is 12.8. The van der Waals surface area contributed by atoms with Gasteiger partial charge in [-0.2, -0.15) is 13.2 Å². The largest absolute Gasteiger partial charge is 0.486 e. The van der Waals surface area contributed by atoms with E-state index >= 15 is 0 Å². The second-order valence-corrected chi connectivity index (χ2v) is 7.58. The third-order valence-electron chi connectivity index (χ3n) is 4.61.